The molecule has 20 heavy (non-hydrogen) atoms. The molecule has 1 aliphatic rings. The Bertz CT molecular complexity index is 538. The lowest BCUT2D eigenvalue weighted by atomic mass is 10.1. The summed E-state index contributed by atoms with van der Waals surface area (Å²) in [6, 6.07) is 4.93. The molecule has 5 nitrogen and oxygen atoms in total. The Morgan fingerprint density at radius 2 is 2.30 bits per heavy atom. The van der Waals surface area contributed by atoms with E-state index in [2.05, 4.69) is 10.6 Å². The molecule has 2 rings (SSSR count). The number of nitrogens with one attached hydrogen (secondary N) is 2. The summed E-state index contributed by atoms with van der Waals surface area (Å²) in [5, 5.41) is 23.2. The molecule has 0 heterocycles. The highest BCUT2D eigenvalue weighted by atomic mass is 19.1. The van der Waals surface area contributed by atoms with E-state index in [-0.39, 0.29) is 23.9 Å². The van der Waals surface area contributed by atoms with Crippen LogP contribution in [0.3, 0.4) is 0 Å². The van der Waals surface area contributed by atoms with Crippen molar-refractivity contribution in [3.05, 3.63) is 29.6 Å². The topological polar surface area (TPSA) is 85.2 Å². The molecule has 1 aromatic carbocycles. The molecule has 1 unspecified atom stereocenters. The van der Waals surface area contributed by atoms with Crippen LogP contribution in [0.2, 0.25) is 0 Å². The second-order valence-electron chi connectivity index (χ2n) is 4.86. The average Bonchev–Trinajstić information content (AvgIpc) is 3.24. The molecule has 1 fully saturated rings. The first-order chi connectivity index (χ1) is 9.63. The van der Waals surface area contributed by atoms with Crippen molar-refractivity contribution in [1.82, 2.24) is 5.32 Å². The summed E-state index contributed by atoms with van der Waals surface area (Å²) in [5.74, 6) is -0.111. The smallest absolute Gasteiger partial charge is 0.319 e. The van der Waals surface area contributed by atoms with Crippen molar-refractivity contribution in [2.75, 3.05) is 11.9 Å². The molecule has 0 radical (unpaired) electrons. The first-order valence-electron chi connectivity index (χ1n) is 6.52. The van der Waals surface area contributed by atoms with Crippen LogP contribution in [-0.4, -0.2) is 23.8 Å². The van der Waals surface area contributed by atoms with Gasteiger partial charge in [-0.15, -0.1) is 0 Å². The zero-order chi connectivity index (χ0) is 14.5. The molecule has 1 atom stereocenters. The monoisotopic (exact) mass is 277 g/mol. The third kappa shape index (κ3) is 3.68. The van der Waals surface area contributed by atoms with Gasteiger partial charge in [-0.05, 0) is 43.4 Å². The fourth-order valence-corrected chi connectivity index (χ4v) is 2.11. The maximum Gasteiger partial charge on any atom is 0.319 e. The van der Waals surface area contributed by atoms with Crippen molar-refractivity contribution in [2.45, 2.75) is 25.3 Å². The van der Waals surface area contributed by atoms with E-state index < -0.39 is 11.8 Å². The third-order valence-corrected chi connectivity index (χ3v) is 3.30. The number of aliphatic hydroxyl groups excluding tert-OH is 1. The van der Waals surface area contributed by atoms with Gasteiger partial charge in [-0.25, -0.2) is 9.18 Å². The quantitative estimate of drug-likeness (QED) is 0.769. The minimum atomic E-state index is -0.524. The minimum absolute atomic E-state index is 0.0153. The Labute approximate surface area is 116 Å². The number of amides is 2. The summed E-state index contributed by atoms with van der Waals surface area (Å²) in [5.41, 5.74) is 0.343. The molecule has 6 heteroatoms. The molecule has 0 aliphatic heterocycles. The number of urea groups is 1. The van der Waals surface area contributed by atoms with E-state index >= 15 is 0 Å². The summed E-state index contributed by atoms with van der Waals surface area (Å²) >= 11 is 0. The molecule has 1 aromatic rings. The number of aliphatic hydroxyl groups is 1. The van der Waals surface area contributed by atoms with E-state index in [1.54, 1.807) is 0 Å². The fourth-order valence-electron chi connectivity index (χ4n) is 2.11. The van der Waals surface area contributed by atoms with Crippen molar-refractivity contribution >= 4 is 11.7 Å². The fraction of sp³-hybridized carbons (Fsp3) is 0.429. The van der Waals surface area contributed by atoms with Gasteiger partial charge in [-0.1, -0.05) is 0 Å². The zero-order valence-corrected chi connectivity index (χ0v) is 10.9. The lowest BCUT2D eigenvalue weighted by Crippen LogP contribution is -2.40. The van der Waals surface area contributed by atoms with E-state index in [0.29, 0.717) is 12.3 Å². The van der Waals surface area contributed by atoms with E-state index in [1.807, 2.05) is 6.07 Å². The predicted molar refractivity (Wildman–Crippen MR) is 71.5 cm³/mol. The average molecular weight is 277 g/mol. The number of nitrogens with zero attached hydrogens (tertiary/aromatic N) is 1. The van der Waals surface area contributed by atoms with Crippen LogP contribution >= 0.6 is 0 Å². The Morgan fingerprint density at radius 1 is 1.55 bits per heavy atom. The summed E-state index contributed by atoms with van der Waals surface area (Å²) in [6.45, 7) is 0.0153. The van der Waals surface area contributed by atoms with E-state index in [4.69, 9.17) is 10.4 Å². The van der Waals surface area contributed by atoms with Crippen molar-refractivity contribution in [3.63, 3.8) is 0 Å². The second-order valence-corrected chi connectivity index (χ2v) is 4.86. The Morgan fingerprint density at radius 3 is 2.90 bits per heavy atom. The van der Waals surface area contributed by atoms with Crippen LogP contribution in [0.15, 0.2) is 18.2 Å². The molecular formula is C14H16FN3O2. The normalized spacial score (nSPS) is 15.2. The predicted octanol–water partition coefficient (Wildman–Crippen LogP) is 1.98. The molecule has 0 bridgehead atoms. The van der Waals surface area contributed by atoms with Gasteiger partial charge >= 0.3 is 6.03 Å². The Hall–Kier alpha value is -2.13. The first kappa shape index (κ1) is 14.3. The van der Waals surface area contributed by atoms with Crippen molar-refractivity contribution in [3.8, 4) is 6.07 Å². The number of halogens is 1. The minimum Gasteiger partial charge on any atom is -0.396 e. The van der Waals surface area contributed by atoms with Gasteiger partial charge in [-0.2, -0.15) is 5.26 Å². The van der Waals surface area contributed by atoms with Crippen molar-refractivity contribution in [1.29, 1.82) is 5.26 Å². The number of carbonyl (C=O) groups is 1. The third-order valence-electron chi connectivity index (χ3n) is 3.30. The highest BCUT2D eigenvalue weighted by Gasteiger charge is 2.31. The van der Waals surface area contributed by atoms with E-state index in [1.165, 1.54) is 12.1 Å². The highest BCUT2D eigenvalue weighted by Crippen LogP contribution is 2.33. The van der Waals surface area contributed by atoms with Gasteiger partial charge in [0.15, 0.2) is 0 Å². The summed E-state index contributed by atoms with van der Waals surface area (Å²) in [4.78, 5) is 11.9. The molecule has 0 saturated heterocycles. The number of anilines is 1. The summed E-state index contributed by atoms with van der Waals surface area (Å²) < 4.78 is 13.0. The zero-order valence-electron chi connectivity index (χ0n) is 10.9. The van der Waals surface area contributed by atoms with Crippen LogP contribution in [0.4, 0.5) is 14.9 Å². The van der Waals surface area contributed by atoms with Crippen LogP contribution in [0.25, 0.3) is 0 Å². The maximum absolute atomic E-state index is 13.0. The number of nitriles is 1. The Balaban J connectivity index is 1.99. The molecule has 3 N–H and O–H groups in total. The van der Waals surface area contributed by atoms with E-state index in [9.17, 15) is 9.18 Å². The van der Waals surface area contributed by atoms with Crippen LogP contribution in [0, 0.1) is 23.1 Å². The largest absolute Gasteiger partial charge is 0.396 e. The molecule has 2 amide bonds. The van der Waals surface area contributed by atoms with Crippen LogP contribution in [0.5, 0.6) is 0 Å². The number of rotatable bonds is 5. The van der Waals surface area contributed by atoms with Crippen molar-refractivity contribution < 1.29 is 14.3 Å². The van der Waals surface area contributed by atoms with Crippen LogP contribution in [0.1, 0.15) is 24.8 Å². The molecule has 0 aromatic heterocycles. The molecule has 0 spiro atoms. The standard InChI is InChI=1S/C14H16FN3O2/c15-11-3-4-12(10(7-11)8-16)17-14(20)18-13(5-6-19)9-1-2-9/h3-4,7,9,13,19H,1-2,5-6H2,(H2,17,18,20). The second kappa shape index (κ2) is 6.35. The summed E-state index contributed by atoms with van der Waals surface area (Å²) in [6.07, 6.45) is 2.60. The summed E-state index contributed by atoms with van der Waals surface area (Å²) in [7, 11) is 0. The van der Waals surface area contributed by atoms with Gasteiger partial charge in [0.1, 0.15) is 11.9 Å². The van der Waals surface area contributed by atoms with Gasteiger partial charge in [0.2, 0.25) is 0 Å². The van der Waals surface area contributed by atoms with Crippen LogP contribution < -0.4 is 10.6 Å². The molecule has 1 saturated carbocycles. The first-order valence-corrected chi connectivity index (χ1v) is 6.52. The lowest BCUT2D eigenvalue weighted by molar-refractivity contribution is 0.234. The maximum atomic E-state index is 13.0. The SMILES string of the molecule is N#Cc1cc(F)ccc1NC(=O)NC(CCO)C1CC1. The number of benzene rings is 1. The lowest BCUT2D eigenvalue weighted by Gasteiger charge is -2.17. The van der Waals surface area contributed by atoms with E-state index in [0.717, 1.165) is 18.9 Å². The molecule has 106 valence electrons. The Kier molecular flexibility index (Phi) is 4.53. The van der Waals surface area contributed by atoms with Gasteiger partial charge in [0.05, 0.1) is 11.3 Å². The van der Waals surface area contributed by atoms with Gasteiger partial charge in [0.25, 0.3) is 0 Å². The highest BCUT2D eigenvalue weighted by molar-refractivity contribution is 5.90. The van der Waals surface area contributed by atoms with Crippen LogP contribution in [-0.2, 0) is 0 Å². The number of carbonyl (C=O) groups excluding carboxylic acids is 1. The molecular weight excluding hydrogens is 261 g/mol. The van der Waals surface area contributed by atoms with Gasteiger partial charge < -0.3 is 15.7 Å². The molecule has 1 aliphatic carbocycles. The number of hydrogen-bond donors (Lipinski definition) is 3. The van der Waals surface area contributed by atoms with Crippen molar-refractivity contribution in [2.24, 2.45) is 5.92 Å². The van der Waals surface area contributed by atoms with Gasteiger partial charge in [-0.3, -0.25) is 0 Å². The van der Waals surface area contributed by atoms with Gasteiger partial charge in [0, 0.05) is 12.6 Å². The number of hydrogen-bond acceptors (Lipinski definition) is 3.